The molecule has 0 amide bonds. The minimum atomic E-state index is -0.808. The van der Waals surface area contributed by atoms with Crippen LogP contribution in [-0.2, 0) is 0 Å². The van der Waals surface area contributed by atoms with E-state index in [1.165, 1.54) is 25.7 Å². The van der Waals surface area contributed by atoms with Crippen LogP contribution in [0.1, 0.15) is 85.0 Å². The monoisotopic (exact) mass is 410 g/mol. The molecule has 29 heavy (non-hydrogen) atoms. The summed E-state index contributed by atoms with van der Waals surface area (Å²) in [5, 5.41) is 31.2. The van der Waals surface area contributed by atoms with Crippen molar-refractivity contribution in [2.24, 2.45) is 46.3 Å². The van der Waals surface area contributed by atoms with E-state index < -0.39 is 12.8 Å². The lowest BCUT2D eigenvalue weighted by Crippen LogP contribution is -2.58. The molecule has 0 bridgehead atoms. The second-order valence-corrected chi connectivity index (χ2v) is 11.8. The molecule has 11 atom stereocenters. The van der Waals surface area contributed by atoms with Crippen LogP contribution < -0.4 is 0 Å². The molecule has 4 rings (SSSR count). The van der Waals surface area contributed by atoms with E-state index in [1.54, 1.807) is 0 Å². The van der Waals surface area contributed by atoms with Gasteiger partial charge in [0.2, 0.25) is 0 Å². The average Bonchev–Trinajstić information content (AvgIpc) is 3.04. The molecule has 0 aromatic rings. The van der Waals surface area contributed by atoms with E-state index in [4.69, 9.17) is 0 Å². The van der Waals surface area contributed by atoms with Crippen LogP contribution in [-0.4, -0.2) is 40.3 Å². The molecule has 4 aliphatic carbocycles. The Morgan fingerprint density at radius 3 is 2.34 bits per heavy atom. The molecule has 0 aromatic heterocycles. The molecule has 0 radical (unpaired) electrons. The molecule has 168 valence electrons. The molecule has 0 heterocycles. The number of hydrogen-bond acceptors (Lipinski definition) is 3. The van der Waals surface area contributed by atoms with Gasteiger partial charge in [-0.3, -0.25) is 0 Å². The van der Waals surface area contributed by atoms with Crippen LogP contribution in [0.5, 0.6) is 0 Å². The van der Waals surface area contributed by atoms with Crippen LogP contribution in [0.3, 0.4) is 0 Å². The number of alkyl halides is 1. The van der Waals surface area contributed by atoms with Gasteiger partial charge in [0.25, 0.3) is 0 Å². The molecule has 3 N–H and O–H groups in total. The zero-order chi connectivity index (χ0) is 21.0. The Bertz CT molecular complexity index is 584. The van der Waals surface area contributed by atoms with Crippen molar-refractivity contribution in [3.63, 3.8) is 0 Å². The van der Waals surface area contributed by atoms with Crippen molar-refractivity contribution < 1.29 is 19.7 Å². The van der Waals surface area contributed by atoms with Crippen LogP contribution in [0.15, 0.2) is 0 Å². The fourth-order valence-corrected chi connectivity index (χ4v) is 8.91. The number of aliphatic hydroxyl groups excluding tert-OH is 3. The normalized spacial score (nSPS) is 51.6. The third-order valence-corrected chi connectivity index (χ3v) is 10.5. The number of aliphatic hydroxyl groups is 3. The van der Waals surface area contributed by atoms with Gasteiger partial charge in [-0.1, -0.05) is 20.8 Å². The van der Waals surface area contributed by atoms with Gasteiger partial charge in [0.05, 0.1) is 18.3 Å². The van der Waals surface area contributed by atoms with E-state index in [0.29, 0.717) is 41.9 Å². The topological polar surface area (TPSA) is 60.7 Å². The van der Waals surface area contributed by atoms with Crippen molar-refractivity contribution in [1.82, 2.24) is 0 Å². The highest BCUT2D eigenvalue weighted by Crippen LogP contribution is 2.68. The van der Waals surface area contributed by atoms with E-state index >= 15 is 0 Å². The molecule has 4 saturated carbocycles. The van der Waals surface area contributed by atoms with Crippen LogP contribution in [0.25, 0.3) is 0 Å². The third kappa shape index (κ3) is 3.59. The first kappa shape index (κ1) is 22.0. The highest BCUT2D eigenvalue weighted by molar-refractivity contribution is 5.11. The van der Waals surface area contributed by atoms with Crippen LogP contribution in [0.2, 0.25) is 0 Å². The molecule has 0 saturated heterocycles. The van der Waals surface area contributed by atoms with Crippen molar-refractivity contribution in [2.75, 3.05) is 6.67 Å². The summed E-state index contributed by atoms with van der Waals surface area (Å²) >= 11 is 0. The first-order valence-corrected chi connectivity index (χ1v) is 12.3. The molecule has 4 aliphatic rings. The summed E-state index contributed by atoms with van der Waals surface area (Å²) in [6.45, 7) is 6.59. The van der Waals surface area contributed by atoms with Gasteiger partial charge >= 0.3 is 0 Å². The van der Waals surface area contributed by atoms with Gasteiger partial charge < -0.3 is 15.3 Å². The maximum atomic E-state index is 12.7. The first-order chi connectivity index (χ1) is 13.7. The Balaban J connectivity index is 1.52. The van der Waals surface area contributed by atoms with Gasteiger partial charge in [-0.2, -0.15) is 0 Å². The molecule has 4 fully saturated rings. The minimum Gasteiger partial charge on any atom is -0.393 e. The van der Waals surface area contributed by atoms with Crippen molar-refractivity contribution >= 4 is 0 Å². The summed E-state index contributed by atoms with van der Waals surface area (Å²) in [5.41, 5.74) is 0.541. The predicted molar refractivity (Wildman–Crippen MR) is 113 cm³/mol. The number of halogens is 1. The Labute approximate surface area is 176 Å². The van der Waals surface area contributed by atoms with E-state index in [9.17, 15) is 19.7 Å². The summed E-state index contributed by atoms with van der Waals surface area (Å²) in [6, 6.07) is 0. The third-order valence-electron chi connectivity index (χ3n) is 10.5. The highest BCUT2D eigenvalue weighted by Gasteiger charge is 2.62. The zero-order valence-electron chi connectivity index (χ0n) is 18.7. The van der Waals surface area contributed by atoms with E-state index in [-0.39, 0.29) is 23.0 Å². The summed E-state index contributed by atoms with van der Waals surface area (Å²) in [4.78, 5) is 0. The fourth-order valence-electron chi connectivity index (χ4n) is 8.91. The molecular formula is C25H43FO3. The van der Waals surface area contributed by atoms with Crippen LogP contribution in [0, 0.1) is 46.3 Å². The summed E-state index contributed by atoms with van der Waals surface area (Å²) in [7, 11) is 0. The lowest BCUT2D eigenvalue weighted by Gasteiger charge is -2.62. The van der Waals surface area contributed by atoms with E-state index in [2.05, 4.69) is 20.8 Å². The van der Waals surface area contributed by atoms with Gasteiger partial charge in [-0.15, -0.1) is 0 Å². The molecular weight excluding hydrogens is 367 g/mol. The molecule has 0 aliphatic heterocycles. The molecule has 4 heteroatoms. The van der Waals surface area contributed by atoms with E-state index in [1.807, 2.05) is 0 Å². The van der Waals surface area contributed by atoms with Gasteiger partial charge in [0.15, 0.2) is 0 Å². The minimum absolute atomic E-state index is 0.179. The molecule has 3 nitrogen and oxygen atoms in total. The van der Waals surface area contributed by atoms with Crippen molar-refractivity contribution in [1.29, 1.82) is 0 Å². The average molecular weight is 411 g/mol. The zero-order valence-corrected chi connectivity index (χ0v) is 18.7. The largest absolute Gasteiger partial charge is 0.393 e. The number of fused-ring (bicyclic) bond motifs is 5. The smallest absolute Gasteiger partial charge is 0.115 e. The van der Waals surface area contributed by atoms with Crippen molar-refractivity contribution in [2.45, 2.75) is 103 Å². The first-order valence-electron chi connectivity index (χ1n) is 12.3. The molecule has 5 unspecified atom stereocenters. The summed E-state index contributed by atoms with van der Waals surface area (Å²) < 4.78 is 12.7. The quantitative estimate of drug-likeness (QED) is 0.614. The maximum absolute atomic E-state index is 12.7. The van der Waals surface area contributed by atoms with Crippen molar-refractivity contribution in [3.05, 3.63) is 0 Å². The summed E-state index contributed by atoms with van der Waals surface area (Å²) in [6.07, 6.45) is 8.86. The van der Waals surface area contributed by atoms with Gasteiger partial charge in [0, 0.05) is 0 Å². The maximum Gasteiger partial charge on any atom is 0.115 e. The predicted octanol–water partition coefficient (Wildman–Crippen LogP) is 4.72. The van der Waals surface area contributed by atoms with Gasteiger partial charge in [-0.05, 0) is 111 Å². The van der Waals surface area contributed by atoms with Crippen LogP contribution in [0.4, 0.5) is 4.39 Å². The second kappa shape index (κ2) is 8.06. The standard InChI is InChI=1S/C25H43FO3/c1-15(4-5-18(28)14-26)19-6-7-20-23-21(9-11-25(19,20)3)24(2)10-8-17(27)12-16(24)13-22(23)29/h15-23,27-29H,4-14H2,1-3H3/t15-,16?,17-,18?,19-,20+,21+,22-,23?,24?,25?/m1/s1. The molecule has 0 aromatic carbocycles. The summed E-state index contributed by atoms with van der Waals surface area (Å²) in [5.74, 6) is 3.15. The number of hydrogen-bond donors (Lipinski definition) is 3. The van der Waals surface area contributed by atoms with E-state index in [0.717, 1.165) is 32.1 Å². The Kier molecular flexibility index (Phi) is 6.12. The Morgan fingerprint density at radius 1 is 0.931 bits per heavy atom. The lowest BCUT2D eigenvalue weighted by molar-refractivity contribution is -0.174. The SMILES string of the molecule is C[C@H](CCC(O)CF)[C@H]1CC[C@H]2C3[C@H](O)CC4C[C@H](O)CCC4(C)[C@H]3CCC12C. The highest BCUT2D eigenvalue weighted by atomic mass is 19.1. The molecule has 0 spiro atoms. The Hall–Kier alpha value is -0.190. The Morgan fingerprint density at radius 2 is 1.62 bits per heavy atom. The lowest BCUT2D eigenvalue weighted by atomic mass is 9.43. The fraction of sp³-hybridized carbons (Fsp3) is 1.00. The van der Waals surface area contributed by atoms with Crippen molar-refractivity contribution in [3.8, 4) is 0 Å². The van der Waals surface area contributed by atoms with Crippen LogP contribution >= 0.6 is 0 Å². The van der Waals surface area contributed by atoms with Gasteiger partial charge in [-0.25, -0.2) is 4.39 Å². The van der Waals surface area contributed by atoms with Gasteiger partial charge in [0.1, 0.15) is 6.67 Å². The second-order valence-electron chi connectivity index (χ2n) is 11.8. The number of rotatable bonds is 5.